The number of rotatable bonds is 8. The number of hydrogen-bond acceptors (Lipinski definition) is 12. The summed E-state index contributed by atoms with van der Waals surface area (Å²) in [6.07, 6.45) is -5.31. The fourth-order valence-electron chi connectivity index (χ4n) is 3.64. The third kappa shape index (κ3) is 4.06. The number of nitrogens with one attached hydrogen (secondary N) is 1. The molecule has 0 spiro atoms. The molecule has 1 aliphatic heterocycles. The second-order valence-corrected chi connectivity index (χ2v) is 11.8. The smallest absolute Gasteiger partial charge is 0.381 e. The van der Waals surface area contributed by atoms with Crippen LogP contribution in [0.25, 0.3) is 11.2 Å². The predicted octanol–water partition coefficient (Wildman–Crippen LogP) is -0.997. The van der Waals surface area contributed by atoms with Crippen molar-refractivity contribution in [3.63, 3.8) is 0 Å². The van der Waals surface area contributed by atoms with Crippen molar-refractivity contribution in [2.45, 2.75) is 29.7 Å². The number of halogens is 2. The zero-order valence-electron chi connectivity index (χ0n) is 16.0. The van der Waals surface area contributed by atoms with Crippen molar-refractivity contribution in [3.05, 3.63) is 16.7 Å². The van der Waals surface area contributed by atoms with Gasteiger partial charge in [-0.25, -0.2) is 23.1 Å². The van der Waals surface area contributed by atoms with Gasteiger partial charge >= 0.3 is 23.5 Å². The number of nitrogens with zero attached hydrogens (tertiary/aromatic N) is 3. The van der Waals surface area contributed by atoms with Gasteiger partial charge in [0, 0.05) is 0 Å². The SMILES string of the molecule is Nc1nc2c(ncn2[C@@H]2O[C@]3(CCl)C(OP(=O)(O)OP(=O)(O)OP(=O)(O)O)[C@]3(O)[C@H]2F)c(=O)[nH]1. The lowest BCUT2D eigenvalue weighted by atomic mass is 10.1. The number of anilines is 1. The minimum atomic E-state index is -5.87. The van der Waals surface area contributed by atoms with E-state index in [4.69, 9.17) is 31.9 Å². The summed E-state index contributed by atoms with van der Waals surface area (Å²) < 4.78 is 67.7. The van der Waals surface area contributed by atoms with Gasteiger partial charge in [0.2, 0.25) is 5.95 Å². The Labute approximate surface area is 190 Å². The molecule has 0 bridgehead atoms. The lowest BCUT2D eigenvalue weighted by Crippen LogP contribution is -2.34. The fraction of sp³-hybridized carbons (Fsp3) is 0.545. The summed E-state index contributed by atoms with van der Waals surface area (Å²) in [4.78, 5) is 57.7. The van der Waals surface area contributed by atoms with Crippen LogP contribution in [0.5, 0.6) is 0 Å². The number of aromatic nitrogens is 4. The number of fused-ring (bicyclic) bond motifs is 2. The van der Waals surface area contributed by atoms with Gasteiger partial charge in [0.25, 0.3) is 5.56 Å². The summed E-state index contributed by atoms with van der Waals surface area (Å²) >= 11 is 5.79. The molecule has 8 N–H and O–H groups in total. The van der Waals surface area contributed by atoms with E-state index in [1.54, 1.807) is 0 Å². The molecule has 0 aromatic carbocycles. The van der Waals surface area contributed by atoms with Gasteiger partial charge in [0.15, 0.2) is 29.2 Å². The quantitative estimate of drug-likeness (QED) is 0.148. The van der Waals surface area contributed by atoms with Crippen molar-refractivity contribution in [2.24, 2.45) is 0 Å². The molecule has 2 aromatic rings. The van der Waals surface area contributed by atoms with Gasteiger partial charge in [-0.2, -0.15) is 13.6 Å². The summed E-state index contributed by atoms with van der Waals surface area (Å²) in [6, 6.07) is 0. The first-order chi connectivity index (χ1) is 15.5. The van der Waals surface area contributed by atoms with E-state index in [0.717, 1.165) is 10.9 Å². The topological polar surface area (TPSA) is 279 Å². The molecular formula is C11H14ClFN5O13P3. The molecule has 0 radical (unpaired) electrons. The number of phosphoric acid groups is 3. The molecule has 2 aromatic heterocycles. The number of imidazole rings is 1. The number of H-pyrrole nitrogens is 1. The molecule has 0 amide bonds. The van der Waals surface area contributed by atoms with Crippen molar-refractivity contribution >= 4 is 52.2 Å². The van der Waals surface area contributed by atoms with Gasteiger partial charge in [0.05, 0.1) is 12.2 Å². The molecule has 23 heteroatoms. The lowest BCUT2D eigenvalue weighted by molar-refractivity contribution is -0.0815. The zero-order chi connectivity index (χ0) is 25.5. The van der Waals surface area contributed by atoms with Crippen molar-refractivity contribution in [1.29, 1.82) is 0 Å². The number of nitrogen functional groups attached to an aromatic ring is 1. The van der Waals surface area contributed by atoms with E-state index in [2.05, 4.69) is 28.1 Å². The normalized spacial score (nSPS) is 34.5. The van der Waals surface area contributed by atoms with Crippen LogP contribution in [0.2, 0.25) is 0 Å². The van der Waals surface area contributed by atoms with Crippen LogP contribution in [-0.2, 0) is 31.6 Å². The lowest BCUT2D eigenvalue weighted by Gasteiger charge is -2.24. The number of ether oxygens (including phenoxy) is 1. The molecule has 18 nitrogen and oxygen atoms in total. The molecule has 3 heterocycles. The molecular weight excluding hydrogens is 558 g/mol. The summed E-state index contributed by atoms with van der Waals surface area (Å²) in [6.45, 7) is 0. The van der Waals surface area contributed by atoms with E-state index in [9.17, 15) is 33.4 Å². The first kappa shape index (κ1) is 25.8. The first-order valence-electron chi connectivity index (χ1n) is 8.61. The number of alkyl halides is 2. The van der Waals surface area contributed by atoms with Gasteiger partial charge in [-0.05, 0) is 0 Å². The summed E-state index contributed by atoms with van der Waals surface area (Å²) in [5, 5.41) is 10.8. The molecule has 1 aliphatic carbocycles. The summed E-state index contributed by atoms with van der Waals surface area (Å²) in [7, 11) is -17.3. The second-order valence-electron chi connectivity index (χ2n) is 7.11. The molecule has 2 aliphatic rings. The highest BCUT2D eigenvalue weighted by molar-refractivity contribution is 7.66. The molecule has 34 heavy (non-hydrogen) atoms. The highest BCUT2D eigenvalue weighted by Crippen LogP contribution is 2.72. The van der Waals surface area contributed by atoms with Crippen molar-refractivity contribution in [2.75, 3.05) is 11.6 Å². The Morgan fingerprint density at radius 2 is 1.91 bits per heavy atom. The Balaban J connectivity index is 1.59. The summed E-state index contributed by atoms with van der Waals surface area (Å²) in [5.41, 5.74) is -0.701. The van der Waals surface area contributed by atoms with Crippen molar-refractivity contribution < 1.29 is 60.6 Å². The van der Waals surface area contributed by atoms with Crippen LogP contribution in [0.3, 0.4) is 0 Å². The van der Waals surface area contributed by atoms with Gasteiger partial charge in [0.1, 0.15) is 11.7 Å². The molecule has 7 atom stereocenters. The number of hydrogen-bond donors (Lipinski definition) is 7. The number of aliphatic hydroxyl groups is 1. The Morgan fingerprint density at radius 1 is 1.26 bits per heavy atom. The van der Waals surface area contributed by atoms with Gasteiger partial charge < -0.3 is 35.2 Å². The van der Waals surface area contributed by atoms with Gasteiger partial charge in [-0.15, -0.1) is 11.6 Å². The molecule has 2 fully saturated rings. The van der Waals surface area contributed by atoms with Crippen LogP contribution >= 0.6 is 35.1 Å². The molecule has 1 saturated carbocycles. The van der Waals surface area contributed by atoms with Crippen LogP contribution in [0.4, 0.5) is 10.3 Å². The molecule has 4 rings (SSSR count). The zero-order valence-corrected chi connectivity index (χ0v) is 19.5. The average Bonchev–Trinajstić information content (AvgIpc) is 2.92. The van der Waals surface area contributed by atoms with E-state index < -0.39 is 64.6 Å². The van der Waals surface area contributed by atoms with E-state index in [0.29, 0.717) is 0 Å². The van der Waals surface area contributed by atoms with Gasteiger partial charge in [-0.3, -0.25) is 18.9 Å². The maximum atomic E-state index is 15.4. The van der Waals surface area contributed by atoms with E-state index in [1.165, 1.54) is 0 Å². The van der Waals surface area contributed by atoms with Crippen LogP contribution in [-0.4, -0.2) is 73.6 Å². The first-order valence-corrected chi connectivity index (χ1v) is 13.7. The standard InChI is InChI=1S/C11H14ClFN5O13P3/c12-1-10-8(29-33(24,25)31-34(26,27)30-32(21,22)23)11(10,20)4(13)7(28-10)18-2-15-3-5(18)16-9(14)17-6(3)19/h2,4,7-8,20H,1H2,(H,24,25)(H,26,27)(H2,21,22,23)(H3,14,16,17,19)/t4-,7+,8?,10+,11+/m0/s1. The number of nitrogens with two attached hydrogens (primary N) is 1. The highest BCUT2D eigenvalue weighted by atomic mass is 35.5. The van der Waals surface area contributed by atoms with E-state index in [1.807, 2.05) is 0 Å². The predicted molar refractivity (Wildman–Crippen MR) is 105 cm³/mol. The minimum absolute atomic E-state index is 0.229. The Kier molecular flexibility index (Phi) is 5.95. The largest absolute Gasteiger partial charge is 0.490 e. The van der Waals surface area contributed by atoms with Crippen LogP contribution in [0, 0.1) is 0 Å². The average molecular weight is 572 g/mol. The second kappa shape index (κ2) is 7.85. The number of phosphoric ester groups is 1. The Bertz CT molecular complexity index is 1360. The molecule has 3 unspecified atom stereocenters. The molecule has 1 saturated heterocycles. The molecule has 190 valence electrons. The van der Waals surface area contributed by atoms with Crippen LogP contribution in [0.1, 0.15) is 6.23 Å². The van der Waals surface area contributed by atoms with Gasteiger partial charge in [-0.1, -0.05) is 0 Å². The Hall–Kier alpha value is -1.30. The maximum Gasteiger partial charge on any atom is 0.490 e. The minimum Gasteiger partial charge on any atom is -0.381 e. The monoisotopic (exact) mass is 571 g/mol. The maximum absolute atomic E-state index is 15.4. The van der Waals surface area contributed by atoms with E-state index in [-0.39, 0.29) is 17.1 Å². The highest BCUT2D eigenvalue weighted by Gasteiger charge is 2.90. The third-order valence-electron chi connectivity index (χ3n) is 5.00. The van der Waals surface area contributed by atoms with Crippen molar-refractivity contribution in [3.8, 4) is 0 Å². The summed E-state index contributed by atoms with van der Waals surface area (Å²) in [5.74, 6) is -1.09. The van der Waals surface area contributed by atoms with E-state index >= 15 is 4.39 Å². The Morgan fingerprint density at radius 3 is 2.47 bits per heavy atom. The number of aromatic amines is 1. The fourth-order valence-corrected chi connectivity index (χ4v) is 7.31. The third-order valence-corrected chi connectivity index (χ3v) is 9.20. The van der Waals surface area contributed by atoms with Crippen LogP contribution in [0.15, 0.2) is 11.1 Å². The van der Waals surface area contributed by atoms with Crippen LogP contribution < -0.4 is 11.3 Å². The van der Waals surface area contributed by atoms with Crippen molar-refractivity contribution in [1.82, 2.24) is 19.5 Å².